The van der Waals surface area contributed by atoms with Crippen LogP contribution in [0.25, 0.3) is 10.2 Å². The minimum atomic E-state index is -0.669. The summed E-state index contributed by atoms with van der Waals surface area (Å²) >= 11 is 1.11. The van der Waals surface area contributed by atoms with E-state index in [9.17, 15) is 14.4 Å². The quantitative estimate of drug-likeness (QED) is 0.583. The van der Waals surface area contributed by atoms with Gasteiger partial charge in [-0.05, 0) is 31.0 Å². The number of rotatable bonds is 6. The van der Waals surface area contributed by atoms with Gasteiger partial charge in [0.2, 0.25) is 0 Å². The highest BCUT2D eigenvalue weighted by molar-refractivity contribution is 7.20. The maximum absolute atomic E-state index is 12.8. The SMILES string of the molecule is COc1ccc(OC)c(NC(=O)COC(=O)c2sc3nc4n(c(=O)c3c2C)CCC4)c1. The van der Waals surface area contributed by atoms with E-state index in [1.54, 1.807) is 29.7 Å². The minimum Gasteiger partial charge on any atom is -0.497 e. The Morgan fingerprint density at radius 3 is 2.81 bits per heavy atom. The second kappa shape index (κ2) is 8.38. The molecule has 9 nitrogen and oxygen atoms in total. The van der Waals surface area contributed by atoms with Gasteiger partial charge in [0.1, 0.15) is 27.0 Å². The molecule has 0 atom stereocenters. The number of aryl methyl sites for hydroxylation is 2. The molecule has 1 aromatic carbocycles. The lowest BCUT2D eigenvalue weighted by Crippen LogP contribution is -2.22. The van der Waals surface area contributed by atoms with Gasteiger partial charge in [-0.2, -0.15) is 0 Å². The number of aromatic nitrogens is 2. The zero-order valence-electron chi connectivity index (χ0n) is 17.3. The van der Waals surface area contributed by atoms with Crippen LogP contribution in [-0.4, -0.2) is 42.3 Å². The number of fused-ring (bicyclic) bond motifs is 2. The number of hydrogen-bond donors (Lipinski definition) is 1. The Labute approximate surface area is 181 Å². The molecule has 0 unspecified atom stereocenters. The second-order valence-electron chi connectivity index (χ2n) is 7.02. The molecule has 0 bridgehead atoms. The van der Waals surface area contributed by atoms with Crippen molar-refractivity contribution in [2.75, 3.05) is 26.1 Å². The molecule has 0 fully saturated rings. The molecule has 1 aliphatic rings. The van der Waals surface area contributed by atoms with Gasteiger partial charge in [0, 0.05) is 19.0 Å². The van der Waals surface area contributed by atoms with Crippen LogP contribution in [0.1, 0.15) is 27.5 Å². The van der Waals surface area contributed by atoms with E-state index >= 15 is 0 Å². The van der Waals surface area contributed by atoms with E-state index in [0.717, 1.165) is 30.0 Å². The molecule has 0 spiro atoms. The average molecular weight is 443 g/mol. The largest absolute Gasteiger partial charge is 0.497 e. The average Bonchev–Trinajstić information content (AvgIpc) is 3.37. The fourth-order valence-electron chi connectivity index (χ4n) is 3.56. The summed E-state index contributed by atoms with van der Waals surface area (Å²) in [7, 11) is 2.99. The van der Waals surface area contributed by atoms with Crippen molar-refractivity contribution in [1.82, 2.24) is 9.55 Å². The molecule has 0 radical (unpaired) electrons. The maximum Gasteiger partial charge on any atom is 0.349 e. The number of methoxy groups -OCH3 is 2. The van der Waals surface area contributed by atoms with E-state index in [-0.39, 0.29) is 10.4 Å². The van der Waals surface area contributed by atoms with Gasteiger partial charge in [0.25, 0.3) is 11.5 Å². The first-order valence-corrected chi connectivity index (χ1v) is 10.5. The molecule has 3 aromatic rings. The minimum absolute atomic E-state index is 0.131. The zero-order valence-corrected chi connectivity index (χ0v) is 18.1. The van der Waals surface area contributed by atoms with Gasteiger partial charge in [-0.15, -0.1) is 11.3 Å². The fourth-order valence-corrected chi connectivity index (χ4v) is 4.65. The summed E-state index contributed by atoms with van der Waals surface area (Å²) in [4.78, 5) is 43.0. The summed E-state index contributed by atoms with van der Waals surface area (Å²) in [6.45, 7) is 1.84. The molecule has 0 saturated heterocycles. The van der Waals surface area contributed by atoms with Crippen LogP contribution in [0, 0.1) is 6.92 Å². The summed E-state index contributed by atoms with van der Waals surface area (Å²) < 4.78 is 17.2. The van der Waals surface area contributed by atoms with Gasteiger partial charge < -0.3 is 19.5 Å². The number of carbonyl (C=O) groups is 2. The van der Waals surface area contributed by atoms with E-state index < -0.39 is 18.5 Å². The van der Waals surface area contributed by atoms with Crippen molar-refractivity contribution in [2.45, 2.75) is 26.3 Å². The lowest BCUT2D eigenvalue weighted by molar-refractivity contribution is -0.119. The number of esters is 1. The highest BCUT2D eigenvalue weighted by Crippen LogP contribution is 2.30. The maximum atomic E-state index is 12.8. The topological polar surface area (TPSA) is 109 Å². The van der Waals surface area contributed by atoms with E-state index in [0.29, 0.717) is 39.5 Å². The lowest BCUT2D eigenvalue weighted by atomic mass is 10.2. The Morgan fingerprint density at radius 2 is 2.06 bits per heavy atom. The predicted molar refractivity (Wildman–Crippen MR) is 115 cm³/mol. The van der Waals surface area contributed by atoms with Crippen molar-refractivity contribution >= 4 is 39.1 Å². The highest BCUT2D eigenvalue weighted by Gasteiger charge is 2.24. The van der Waals surface area contributed by atoms with Crippen molar-refractivity contribution in [3.8, 4) is 11.5 Å². The van der Waals surface area contributed by atoms with Crippen molar-refractivity contribution in [3.63, 3.8) is 0 Å². The standard InChI is InChI=1S/C21H21N3O6S/c1-11-17-19(23-15-5-4-8-24(15)20(17)26)31-18(11)21(27)30-10-16(25)22-13-9-12(28-2)6-7-14(13)29-3/h6-7,9H,4-5,8,10H2,1-3H3,(H,22,25). The van der Waals surface area contributed by atoms with E-state index in [4.69, 9.17) is 14.2 Å². The summed E-state index contributed by atoms with van der Waals surface area (Å²) in [6, 6.07) is 4.96. The first-order chi connectivity index (χ1) is 14.9. The molecular formula is C21H21N3O6S. The van der Waals surface area contributed by atoms with Crippen molar-refractivity contribution in [2.24, 2.45) is 0 Å². The predicted octanol–water partition coefficient (Wildman–Crippen LogP) is 2.53. The van der Waals surface area contributed by atoms with Crippen LogP contribution >= 0.6 is 11.3 Å². The molecule has 162 valence electrons. The molecule has 1 aliphatic heterocycles. The number of nitrogens with zero attached hydrogens (tertiary/aromatic N) is 2. The number of amides is 1. The van der Waals surface area contributed by atoms with E-state index in [1.807, 2.05) is 0 Å². The molecule has 10 heteroatoms. The number of thiophene rings is 1. The van der Waals surface area contributed by atoms with Gasteiger partial charge in [0.05, 0.1) is 25.3 Å². The van der Waals surface area contributed by atoms with Crippen LogP contribution in [0.3, 0.4) is 0 Å². The van der Waals surface area contributed by atoms with Crippen molar-refractivity contribution in [3.05, 3.63) is 44.8 Å². The van der Waals surface area contributed by atoms with E-state index in [2.05, 4.69) is 10.3 Å². The van der Waals surface area contributed by atoms with Gasteiger partial charge in [-0.25, -0.2) is 9.78 Å². The molecule has 3 heterocycles. The van der Waals surface area contributed by atoms with Crippen LogP contribution < -0.4 is 20.3 Å². The van der Waals surface area contributed by atoms with Crippen molar-refractivity contribution < 1.29 is 23.8 Å². The summed E-state index contributed by atoms with van der Waals surface area (Å²) in [5, 5.41) is 3.08. The van der Waals surface area contributed by atoms with Crippen LogP contribution in [-0.2, 0) is 22.5 Å². The van der Waals surface area contributed by atoms with Crippen molar-refractivity contribution in [1.29, 1.82) is 0 Å². The summed E-state index contributed by atoms with van der Waals surface area (Å²) in [6.07, 6.45) is 1.64. The number of nitrogens with one attached hydrogen (secondary N) is 1. The van der Waals surface area contributed by atoms with Crippen LogP contribution in [0.15, 0.2) is 23.0 Å². The van der Waals surface area contributed by atoms with Gasteiger partial charge >= 0.3 is 5.97 Å². The molecule has 0 aliphatic carbocycles. The third-order valence-electron chi connectivity index (χ3n) is 5.11. The highest BCUT2D eigenvalue weighted by atomic mass is 32.1. The van der Waals surface area contributed by atoms with Gasteiger partial charge in [-0.1, -0.05) is 0 Å². The number of carbonyl (C=O) groups excluding carboxylic acids is 2. The Kier molecular flexibility index (Phi) is 5.64. The first-order valence-electron chi connectivity index (χ1n) is 9.64. The van der Waals surface area contributed by atoms with Crippen LogP contribution in [0.2, 0.25) is 0 Å². The Hall–Kier alpha value is -3.40. The molecule has 4 rings (SSSR count). The molecule has 2 aromatic heterocycles. The monoisotopic (exact) mass is 443 g/mol. The second-order valence-corrected chi connectivity index (χ2v) is 8.01. The Bertz CT molecular complexity index is 1250. The summed E-state index contributed by atoms with van der Waals surface area (Å²) in [5.41, 5.74) is 0.792. The number of hydrogen-bond acceptors (Lipinski definition) is 8. The Morgan fingerprint density at radius 1 is 1.26 bits per heavy atom. The number of benzene rings is 1. The smallest absolute Gasteiger partial charge is 0.349 e. The molecule has 1 amide bonds. The number of anilines is 1. The number of ether oxygens (including phenoxy) is 3. The Balaban J connectivity index is 1.49. The summed E-state index contributed by atoms with van der Waals surface area (Å²) in [5.74, 6) is 0.527. The third kappa shape index (κ3) is 3.86. The zero-order chi connectivity index (χ0) is 22.1. The molecular weight excluding hydrogens is 422 g/mol. The van der Waals surface area contributed by atoms with Gasteiger partial charge in [-0.3, -0.25) is 14.2 Å². The molecule has 0 saturated carbocycles. The normalized spacial score (nSPS) is 12.5. The lowest BCUT2D eigenvalue weighted by Gasteiger charge is -2.11. The first kappa shape index (κ1) is 20.9. The van der Waals surface area contributed by atoms with Gasteiger partial charge in [0.15, 0.2) is 6.61 Å². The van der Waals surface area contributed by atoms with E-state index in [1.165, 1.54) is 14.2 Å². The molecule has 1 N–H and O–H groups in total. The van der Waals surface area contributed by atoms with Crippen LogP contribution in [0.4, 0.5) is 5.69 Å². The third-order valence-corrected chi connectivity index (χ3v) is 6.28. The fraction of sp³-hybridized carbons (Fsp3) is 0.333. The van der Waals surface area contributed by atoms with Crippen LogP contribution in [0.5, 0.6) is 11.5 Å². The molecule has 31 heavy (non-hydrogen) atoms.